The minimum absolute atomic E-state index is 0.297. The number of hydrogen-bond donors (Lipinski definition) is 2. The van der Waals surface area contributed by atoms with E-state index in [0.717, 1.165) is 6.26 Å². The lowest BCUT2D eigenvalue weighted by Crippen LogP contribution is -2.50. The first-order chi connectivity index (χ1) is 9.21. The number of alkyl halides is 1. The van der Waals surface area contributed by atoms with E-state index < -0.39 is 21.8 Å². The molecule has 0 spiro atoms. The average Bonchev–Trinajstić information content (AvgIpc) is 2.37. The highest BCUT2D eigenvalue weighted by Gasteiger charge is 2.40. The molecular weight excluding hydrogens is 285 g/mol. The van der Waals surface area contributed by atoms with Gasteiger partial charge >= 0.3 is 5.97 Å². The third-order valence-electron chi connectivity index (χ3n) is 2.23. The van der Waals surface area contributed by atoms with E-state index in [1.807, 2.05) is 36.4 Å². The number of carbonyl (C=O) groups is 1. The summed E-state index contributed by atoms with van der Waals surface area (Å²) in [4.78, 5) is 10.5. The molecule has 1 unspecified atom stereocenters. The van der Waals surface area contributed by atoms with Gasteiger partial charge in [-0.25, -0.2) is 17.6 Å². The molecule has 0 aromatic heterocycles. The van der Waals surface area contributed by atoms with Crippen LogP contribution < -0.4 is 4.72 Å². The number of carboxylic acids is 1. The number of nitrogens with one attached hydrogen (secondary N) is 1. The van der Waals surface area contributed by atoms with E-state index >= 15 is 0 Å². The molecule has 5 nitrogen and oxygen atoms in total. The highest BCUT2D eigenvalue weighted by molar-refractivity contribution is 7.88. The van der Waals surface area contributed by atoms with Crippen molar-refractivity contribution in [3.63, 3.8) is 0 Å². The summed E-state index contributed by atoms with van der Waals surface area (Å²) in [7, 11) is -3.86. The van der Waals surface area contributed by atoms with Gasteiger partial charge in [0.2, 0.25) is 10.0 Å². The number of hydrogen-bond acceptors (Lipinski definition) is 3. The van der Waals surface area contributed by atoms with Crippen molar-refractivity contribution in [3.8, 4) is 0 Å². The Morgan fingerprint density at radius 2 is 1.60 bits per heavy atom. The summed E-state index contributed by atoms with van der Waals surface area (Å²) in [6.45, 7) is 1.75. The smallest absolute Gasteiger partial charge is 0.357 e. The molecule has 0 fully saturated rings. The molecule has 1 aromatic carbocycles. The first-order valence-electron chi connectivity index (χ1n) is 6.12. The quantitative estimate of drug-likeness (QED) is 0.789. The lowest BCUT2D eigenvalue weighted by atomic mass is 10.1. The lowest BCUT2D eigenvalue weighted by molar-refractivity contribution is -0.152. The molecule has 0 radical (unpaired) electrons. The molecule has 0 aliphatic rings. The molecule has 0 saturated heterocycles. The highest BCUT2D eigenvalue weighted by atomic mass is 32.2. The largest absolute Gasteiger partial charge is 0.478 e. The molecule has 0 aliphatic carbocycles. The van der Waals surface area contributed by atoms with Gasteiger partial charge in [-0.2, -0.15) is 4.72 Å². The highest BCUT2D eigenvalue weighted by Crippen LogP contribution is 2.17. The van der Waals surface area contributed by atoms with Gasteiger partial charge in [0.25, 0.3) is 5.79 Å². The van der Waals surface area contributed by atoms with Gasteiger partial charge in [-0.15, -0.1) is 0 Å². The van der Waals surface area contributed by atoms with Crippen molar-refractivity contribution in [3.05, 3.63) is 36.4 Å². The van der Waals surface area contributed by atoms with Crippen LogP contribution in [-0.2, 0) is 14.8 Å². The summed E-state index contributed by atoms with van der Waals surface area (Å²) >= 11 is 0. The summed E-state index contributed by atoms with van der Waals surface area (Å²) in [5, 5.41) is 8.52. The number of benzene rings is 1. The summed E-state index contributed by atoms with van der Waals surface area (Å²) in [5.41, 5.74) is 0. The maximum Gasteiger partial charge on any atom is 0.357 e. The molecule has 20 heavy (non-hydrogen) atoms. The molecule has 114 valence electrons. The van der Waals surface area contributed by atoms with Crippen LogP contribution in [0.2, 0.25) is 0 Å². The fourth-order valence-corrected chi connectivity index (χ4v) is 2.08. The van der Waals surface area contributed by atoms with Crippen LogP contribution in [-0.4, -0.2) is 31.5 Å². The van der Waals surface area contributed by atoms with Gasteiger partial charge < -0.3 is 5.11 Å². The van der Waals surface area contributed by atoms with Crippen LogP contribution in [0.25, 0.3) is 0 Å². The lowest BCUT2D eigenvalue weighted by Gasteiger charge is -2.20. The zero-order valence-corrected chi connectivity index (χ0v) is 12.4. The molecule has 0 heterocycles. The summed E-state index contributed by atoms with van der Waals surface area (Å²) < 4.78 is 36.4. The van der Waals surface area contributed by atoms with E-state index in [1.54, 1.807) is 6.92 Å². The Morgan fingerprint density at radius 1 is 1.20 bits per heavy atom. The van der Waals surface area contributed by atoms with Gasteiger partial charge in [-0.05, 0) is 6.42 Å². The van der Waals surface area contributed by atoms with E-state index in [-0.39, 0.29) is 6.42 Å². The van der Waals surface area contributed by atoms with Crippen molar-refractivity contribution in [2.75, 3.05) is 6.26 Å². The van der Waals surface area contributed by atoms with Crippen molar-refractivity contribution < 1.29 is 22.7 Å². The third kappa shape index (κ3) is 8.60. The Kier molecular flexibility index (Phi) is 8.02. The predicted octanol–water partition coefficient (Wildman–Crippen LogP) is 2.16. The monoisotopic (exact) mass is 305 g/mol. The molecule has 2 N–H and O–H groups in total. The van der Waals surface area contributed by atoms with Crippen LogP contribution >= 0.6 is 0 Å². The zero-order valence-electron chi connectivity index (χ0n) is 11.5. The van der Waals surface area contributed by atoms with Crippen molar-refractivity contribution in [2.45, 2.75) is 32.0 Å². The average molecular weight is 305 g/mol. The van der Waals surface area contributed by atoms with Crippen molar-refractivity contribution >= 4 is 16.0 Å². The second-order valence-corrected chi connectivity index (χ2v) is 5.99. The van der Waals surface area contributed by atoms with Crippen LogP contribution in [0, 0.1) is 0 Å². The van der Waals surface area contributed by atoms with Gasteiger partial charge in [0.05, 0.1) is 6.26 Å². The Morgan fingerprint density at radius 3 is 1.85 bits per heavy atom. The molecule has 1 aromatic rings. The maximum atomic E-state index is 13.5. The number of halogens is 1. The molecule has 0 amide bonds. The topological polar surface area (TPSA) is 83.5 Å². The molecule has 1 atom stereocenters. The third-order valence-corrected chi connectivity index (χ3v) is 2.92. The van der Waals surface area contributed by atoms with Crippen LogP contribution in [0.4, 0.5) is 4.39 Å². The van der Waals surface area contributed by atoms with E-state index in [0.29, 0.717) is 12.8 Å². The van der Waals surface area contributed by atoms with Gasteiger partial charge in [0, 0.05) is 6.42 Å². The number of unbranched alkanes of at least 4 members (excludes halogenated alkanes) is 1. The normalized spacial score (nSPS) is 13.8. The van der Waals surface area contributed by atoms with Crippen LogP contribution in [0.5, 0.6) is 0 Å². The Labute approximate surface area is 118 Å². The standard InChI is InChI=1S/C7H14FNO4S.C6H6/c1-3-4-5-7(8,6(10)11)9-14(2,12)13;1-2-4-6-5-3-1/h9H,3-5H2,1-2H3,(H,10,11);1-6H. The summed E-state index contributed by atoms with van der Waals surface area (Å²) in [6.07, 6.45) is 1.23. The first kappa shape index (κ1) is 18.5. The van der Waals surface area contributed by atoms with Gasteiger partial charge in [-0.1, -0.05) is 49.7 Å². The second-order valence-electron chi connectivity index (χ2n) is 4.24. The molecule has 1 rings (SSSR count). The van der Waals surface area contributed by atoms with Crippen molar-refractivity contribution in [2.24, 2.45) is 0 Å². The molecule has 0 saturated carbocycles. The maximum absolute atomic E-state index is 13.5. The molecule has 0 aliphatic heterocycles. The molecule has 7 heteroatoms. The molecular formula is C13H20FNO4S. The number of carboxylic acid groups (broad SMARTS) is 1. The van der Waals surface area contributed by atoms with E-state index in [1.165, 1.54) is 4.72 Å². The minimum atomic E-state index is -3.86. The van der Waals surface area contributed by atoms with E-state index in [2.05, 4.69) is 0 Å². The first-order valence-corrected chi connectivity index (χ1v) is 8.01. The van der Waals surface area contributed by atoms with E-state index in [9.17, 15) is 17.6 Å². The van der Waals surface area contributed by atoms with Crippen LogP contribution in [0.1, 0.15) is 26.2 Å². The van der Waals surface area contributed by atoms with Crippen molar-refractivity contribution in [1.29, 1.82) is 0 Å². The second kappa shape index (κ2) is 8.65. The number of aliphatic carboxylic acids is 1. The van der Waals surface area contributed by atoms with Crippen LogP contribution in [0.15, 0.2) is 36.4 Å². The number of rotatable bonds is 6. The Hall–Kier alpha value is -1.47. The minimum Gasteiger partial charge on any atom is -0.478 e. The van der Waals surface area contributed by atoms with Gasteiger partial charge in [0.1, 0.15) is 0 Å². The Bertz CT molecular complexity index is 466. The fraction of sp³-hybridized carbons (Fsp3) is 0.462. The van der Waals surface area contributed by atoms with Crippen molar-refractivity contribution in [1.82, 2.24) is 4.72 Å². The summed E-state index contributed by atoms with van der Waals surface area (Å²) in [6, 6.07) is 12.0. The predicted molar refractivity (Wildman–Crippen MR) is 75.4 cm³/mol. The van der Waals surface area contributed by atoms with Crippen LogP contribution in [0.3, 0.4) is 0 Å². The SMILES string of the molecule is CCCCC(F)(NS(C)(=O)=O)C(=O)O.c1ccccc1. The van der Waals surface area contributed by atoms with Gasteiger partial charge in [-0.3, -0.25) is 0 Å². The summed E-state index contributed by atoms with van der Waals surface area (Å²) in [5.74, 6) is -4.69. The van der Waals surface area contributed by atoms with Gasteiger partial charge in [0.15, 0.2) is 0 Å². The Balaban J connectivity index is 0.000000493. The van der Waals surface area contributed by atoms with E-state index in [4.69, 9.17) is 5.11 Å². The molecule has 0 bridgehead atoms. The zero-order chi connectivity index (χ0) is 15.6. The fourth-order valence-electron chi connectivity index (χ4n) is 1.30. The number of sulfonamides is 1.